The van der Waals surface area contributed by atoms with Crippen molar-refractivity contribution in [1.29, 1.82) is 0 Å². The highest BCUT2D eigenvalue weighted by atomic mass is 16.3. The van der Waals surface area contributed by atoms with Gasteiger partial charge in [0, 0.05) is 29.8 Å². The Bertz CT molecular complexity index is 1310. The number of carbonyl (C=O) groups excluding carboxylic acids is 2. The molecule has 0 saturated heterocycles. The molecule has 2 aromatic carbocycles. The van der Waals surface area contributed by atoms with E-state index in [0.717, 1.165) is 30.5 Å². The quantitative estimate of drug-likeness (QED) is 0.373. The minimum atomic E-state index is -0.413. The summed E-state index contributed by atoms with van der Waals surface area (Å²) in [5.74, 6) is -0.0257. The summed E-state index contributed by atoms with van der Waals surface area (Å²) in [5.41, 5.74) is 3.23. The van der Waals surface area contributed by atoms with Crippen LogP contribution in [-0.4, -0.2) is 26.8 Å². The predicted octanol–water partition coefficient (Wildman–Crippen LogP) is 5.13. The third-order valence-corrected chi connectivity index (χ3v) is 6.02. The number of rotatable bonds is 6. The Balaban J connectivity index is 1.37. The fourth-order valence-electron chi connectivity index (χ4n) is 3.96. The van der Waals surface area contributed by atoms with E-state index < -0.39 is 5.91 Å². The lowest BCUT2D eigenvalue weighted by molar-refractivity contribution is 0.0996. The Morgan fingerprint density at radius 2 is 1.88 bits per heavy atom. The first kappa shape index (κ1) is 21.5. The molecule has 1 aliphatic carbocycles. The van der Waals surface area contributed by atoms with Crippen LogP contribution in [0.15, 0.2) is 77.4 Å². The molecule has 0 aliphatic heterocycles. The zero-order valence-electron chi connectivity index (χ0n) is 18.4. The molecule has 1 aliphatic rings. The highest BCUT2D eigenvalue weighted by molar-refractivity contribution is 6.02. The summed E-state index contributed by atoms with van der Waals surface area (Å²) < 4.78 is 6.50. The van der Waals surface area contributed by atoms with Gasteiger partial charge in [-0.3, -0.25) is 4.79 Å². The molecule has 0 unspecified atom stereocenters. The number of hydrogen-bond acceptors (Lipinski definition) is 5. The number of aromatic nitrogens is 2. The van der Waals surface area contributed by atoms with E-state index in [4.69, 9.17) is 4.42 Å². The summed E-state index contributed by atoms with van der Waals surface area (Å²) in [5, 5.41) is 20.8. The third kappa shape index (κ3) is 4.43. The largest absolute Gasteiger partial charge is 0.507 e. The van der Waals surface area contributed by atoms with Crippen LogP contribution in [0.25, 0.3) is 11.3 Å². The van der Waals surface area contributed by atoms with Gasteiger partial charge in [0.2, 0.25) is 0 Å². The summed E-state index contributed by atoms with van der Waals surface area (Å²) in [4.78, 5) is 25.2. The van der Waals surface area contributed by atoms with Gasteiger partial charge < -0.3 is 20.2 Å². The molecule has 1 fully saturated rings. The number of nitrogens with one attached hydrogen (secondary N) is 2. The van der Waals surface area contributed by atoms with Crippen molar-refractivity contribution in [1.82, 2.24) is 15.1 Å². The minimum absolute atomic E-state index is 0.0493. The molecule has 2 amide bonds. The van der Waals surface area contributed by atoms with Crippen molar-refractivity contribution in [2.24, 2.45) is 0 Å². The second-order valence-corrected chi connectivity index (χ2v) is 8.30. The SMILES string of the molecule is O=C(Nc1ccc(-c2cc(C3CCC3)n(C(=O)NCc3ccccc3)n2)c(O)c1)c1ccco1. The smallest absolute Gasteiger partial charge is 0.342 e. The van der Waals surface area contributed by atoms with Gasteiger partial charge in [-0.2, -0.15) is 9.78 Å². The third-order valence-electron chi connectivity index (χ3n) is 6.02. The molecular weight excluding hydrogens is 432 g/mol. The number of aromatic hydroxyl groups is 1. The van der Waals surface area contributed by atoms with E-state index in [-0.39, 0.29) is 23.5 Å². The van der Waals surface area contributed by atoms with Gasteiger partial charge in [0.25, 0.3) is 5.91 Å². The number of hydrogen-bond donors (Lipinski definition) is 3. The molecule has 34 heavy (non-hydrogen) atoms. The maximum Gasteiger partial charge on any atom is 0.342 e. The van der Waals surface area contributed by atoms with Crippen LogP contribution in [0.1, 0.15) is 47.0 Å². The van der Waals surface area contributed by atoms with Gasteiger partial charge in [-0.1, -0.05) is 36.8 Å². The molecule has 0 atom stereocenters. The van der Waals surface area contributed by atoms with E-state index in [9.17, 15) is 14.7 Å². The summed E-state index contributed by atoms with van der Waals surface area (Å²) >= 11 is 0. The number of benzene rings is 2. The van der Waals surface area contributed by atoms with Crippen LogP contribution < -0.4 is 10.6 Å². The maximum absolute atomic E-state index is 13.0. The Hall–Kier alpha value is -4.33. The molecule has 0 radical (unpaired) electrons. The van der Waals surface area contributed by atoms with E-state index in [1.165, 1.54) is 17.0 Å². The lowest BCUT2D eigenvalue weighted by Crippen LogP contribution is -2.31. The molecular formula is C26H24N4O4. The van der Waals surface area contributed by atoms with Crippen molar-refractivity contribution >= 4 is 17.6 Å². The zero-order chi connectivity index (χ0) is 23.5. The molecule has 3 N–H and O–H groups in total. The number of carbonyl (C=O) groups is 2. The van der Waals surface area contributed by atoms with Crippen molar-refractivity contribution in [3.8, 4) is 17.0 Å². The van der Waals surface area contributed by atoms with Crippen molar-refractivity contribution in [3.63, 3.8) is 0 Å². The van der Waals surface area contributed by atoms with Crippen molar-refractivity contribution in [3.05, 3.63) is 90.0 Å². The molecule has 8 heteroatoms. The average Bonchev–Trinajstić information content (AvgIpc) is 3.48. The van der Waals surface area contributed by atoms with Crippen LogP contribution in [0.4, 0.5) is 10.5 Å². The van der Waals surface area contributed by atoms with Gasteiger partial charge in [0.15, 0.2) is 5.76 Å². The molecule has 2 heterocycles. The van der Waals surface area contributed by atoms with Crippen LogP contribution in [0.3, 0.4) is 0 Å². The lowest BCUT2D eigenvalue weighted by atomic mass is 9.82. The van der Waals surface area contributed by atoms with E-state index in [1.807, 2.05) is 36.4 Å². The molecule has 5 rings (SSSR count). The minimum Gasteiger partial charge on any atom is -0.507 e. The molecule has 1 saturated carbocycles. The van der Waals surface area contributed by atoms with E-state index in [1.54, 1.807) is 24.3 Å². The molecule has 2 aromatic heterocycles. The van der Waals surface area contributed by atoms with E-state index in [2.05, 4.69) is 15.7 Å². The predicted molar refractivity (Wildman–Crippen MR) is 127 cm³/mol. The number of nitrogens with zero attached hydrogens (tertiary/aromatic N) is 2. The Kier molecular flexibility index (Phi) is 5.86. The van der Waals surface area contributed by atoms with Gasteiger partial charge >= 0.3 is 6.03 Å². The summed E-state index contributed by atoms with van der Waals surface area (Å²) in [6, 6.07) is 19.2. The maximum atomic E-state index is 13.0. The van der Waals surface area contributed by atoms with Crippen LogP contribution in [0.5, 0.6) is 5.75 Å². The van der Waals surface area contributed by atoms with Crippen molar-refractivity contribution < 1.29 is 19.1 Å². The fourth-order valence-corrected chi connectivity index (χ4v) is 3.96. The van der Waals surface area contributed by atoms with Gasteiger partial charge in [-0.05, 0) is 48.7 Å². The highest BCUT2D eigenvalue weighted by Gasteiger charge is 2.27. The van der Waals surface area contributed by atoms with Crippen LogP contribution in [-0.2, 0) is 6.54 Å². The number of phenolic OH excluding ortho intramolecular Hbond substituents is 1. The van der Waals surface area contributed by atoms with E-state index in [0.29, 0.717) is 23.5 Å². The Morgan fingerprint density at radius 3 is 2.56 bits per heavy atom. The average molecular weight is 457 g/mol. The zero-order valence-corrected chi connectivity index (χ0v) is 18.4. The second kappa shape index (κ2) is 9.27. The topological polar surface area (TPSA) is 109 Å². The van der Waals surface area contributed by atoms with Crippen molar-refractivity contribution in [2.75, 3.05) is 5.32 Å². The molecule has 0 spiro atoms. The normalized spacial score (nSPS) is 13.3. The lowest BCUT2D eigenvalue weighted by Gasteiger charge is -2.25. The number of anilines is 1. The molecule has 8 nitrogen and oxygen atoms in total. The second-order valence-electron chi connectivity index (χ2n) is 8.30. The van der Waals surface area contributed by atoms with Crippen LogP contribution >= 0.6 is 0 Å². The van der Waals surface area contributed by atoms with Gasteiger partial charge in [-0.15, -0.1) is 0 Å². The van der Waals surface area contributed by atoms with Gasteiger partial charge in [0.1, 0.15) is 5.75 Å². The Morgan fingerprint density at radius 1 is 1.06 bits per heavy atom. The first-order chi connectivity index (χ1) is 16.6. The van der Waals surface area contributed by atoms with Crippen LogP contribution in [0.2, 0.25) is 0 Å². The summed E-state index contributed by atoms with van der Waals surface area (Å²) in [6.45, 7) is 0.397. The molecule has 0 bridgehead atoms. The molecule has 172 valence electrons. The van der Waals surface area contributed by atoms with E-state index >= 15 is 0 Å². The standard InChI is InChI=1S/C26H24N4O4/c31-23-14-19(28-25(32)24-10-5-13-34-24)11-12-20(23)21-15-22(18-8-4-9-18)30(29-21)26(33)27-16-17-6-2-1-3-7-17/h1-3,5-7,10-15,18,31H,4,8-9,16H2,(H,27,33)(H,28,32). The first-order valence-corrected chi connectivity index (χ1v) is 11.2. The first-order valence-electron chi connectivity index (χ1n) is 11.2. The summed E-state index contributed by atoms with van der Waals surface area (Å²) in [7, 11) is 0. The van der Waals surface area contributed by atoms with Crippen LogP contribution in [0, 0.1) is 0 Å². The number of amides is 2. The monoisotopic (exact) mass is 456 g/mol. The molecule has 4 aromatic rings. The van der Waals surface area contributed by atoms with Crippen molar-refractivity contribution in [2.45, 2.75) is 31.7 Å². The van der Waals surface area contributed by atoms with Gasteiger partial charge in [0.05, 0.1) is 17.7 Å². The highest BCUT2D eigenvalue weighted by Crippen LogP contribution is 2.39. The Labute approximate surface area is 196 Å². The number of phenols is 1. The van der Waals surface area contributed by atoms with Gasteiger partial charge in [-0.25, -0.2) is 4.79 Å². The summed E-state index contributed by atoms with van der Waals surface area (Å²) in [6.07, 6.45) is 4.54. The number of furan rings is 1. The fraction of sp³-hybridized carbons (Fsp3) is 0.192.